The number of benzene rings is 1. The number of nitrogens with two attached hydrogens (primary N) is 1. The van der Waals surface area contributed by atoms with Gasteiger partial charge in [-0.2, -0.15) is 0 Å². The second kappa shape index (κ2) is 6.87. The first-order valence-corrected chi connectivity index (χ1v) is 7.16. The van der Waals surface area contributed by atoms with Crippen molar-refractivity contribution in [2.75, 3.05) is 27.2 Å². The molecule has 0 bridgehead atoms. The van der Waals surface area contributed by atoms with Gasteiger partial charge in [-0.3, -0.25) is 4.90 Å². The number of nitrogens with zero attached hydrogens (tertiary/aromatic N) is 3. The summed E-state index contributed by atoms with van der Waals surface area (Å²) in [5.74, 6) is -0.431. The van der Waals surface area contributed by atoms with Gasteiger partial charge in [0.2, 0.25) is 0 Å². The van der Waals surface area contributed by atoms with Crippen molar-refractivity contribution in [2.24, 2.45) is 10.9 Å². The van der Waals surface area contributed by atoms with Crippen LogP contribution in [0, 0.1) is 5.82 Å². The highest BCUT2D eigenvalue weighted by atomic mass is 19.1. The second-order valence-corrected chi connectivity index (χ2v) is 5.76. The highest BCUT2D eigenvalue weighted by molar-refractivity contribution is 5.98. The maximum absolute atomic E-state index is 13.4. The molecule has 3 N–H and O–H groups in total. The normalized spacial score (nSPS) is 18.4. The summed E-state index contributed by atoms with van der Waals surface area (Å²) in [5.41, 5.74) is 6.99. The Balaban J connectivity index is 2.07. The van der Waals surface area contributed by atoms with Crippen LogP contribution in [0.2, 0.25) is 0 Å². The van der Waals surface area contributed by atoms with Gasteiger partial charge in [-0.05, 0) is 57.7 Å². The van der Waals surface area contributed by atoms with Gasteiger partial charge in [-0.1, -0.05) is 11.2 Å². The minimum Gasteiger partial charge on any atom is -0.409 e. The molecule has 0 amide bonds. The van der Waals surface area contributed by atoms with Gasteiger partial charge < -0.3 is 15.8 Å². The number of hydrogen-bond donors (Lipinski definition) is 2. The molecule has 1 heterocycles. The average molecular weight is 294 g/mol. The van der Waals surface area contributed by atoms with Crippen molar-refractivity contribution in [3.63, 3.8) is 0 Å². The summed E-state index contributed by atoms with van der Waals surface area (Å²) in [6.07, 6.45) is 2.24. The lowest BCUT2D eigenvalue weighted by molar-refractivity contribution is 0.140. The Bertz CT molecular complexity index is 510. The zero-order chi connectivity index (χ0) is 15.4. The predicted molar refractivity (Wildman–Crippen MR) is 80.9 cm³/mol. The number of piperidine rings is 1. The summed E-state index contributed by atoms with van der Waals surface area (Å²) in [4.78, 5) is 4.58. The highest BCUT2D eigenvalue weighted by Gasteiger charge is 2.21. The molecule has 1 aliphatic rings. The van der Waals surface area contributed by atoms with Crippen molar-refractivity contribution in [2.45, 2.75) is 25.4 Å². The van der Waals surface area contributed by atoms with Crippen LogP contribution in [-0.2, 0) is 6.54 Å². The van der Waals surface area contributed by atoms with Crippen LogP contribution in [0.15, 0.2) is 23.4 Å². The molecule has 0 aliphatic carbocycles. The van der Waals surface area contributed by atoms with Gasteiger partial charge in [0, 0.05) is 18.2 Å². The van der Waals surface area contributed by atoms with Crippen molar-refractivity contribution in [3.8, 4) is 0 Å². The monoisotopic (exact) mass is 294 g/mol. The quantitative estimate of drug-likeness (QED) is 0.382. The number of oxime groups is 1. The first-order chi connectivity index (χ1) is 10.0. The van der Waals surface area contributed by atoms with Crippen LogP contribution < -0.4 is 5.73 Å². The molecule has 0 atom stereocenters. The fourth-order valence-electron chi connectivity index (χ4n) is 2.81. The third-order valence-electron chi connectivity index (χ3n) is 4.14. The molecule has 0 spiro atoms. The third kappa shape index (κ3) is 3.92. The van der Waals surface area contributed by atoms with Crippen molar-refractivity contribution in [1.82, 2.24) is 9.80 Å². The van der Waals surface area contributed by atoms with Crippen LogP contribution >= 0.6 is 0 Å². The maximum atomic E-state index is 13.4. The second-order valence-electron chi connectivity index (χ2n) is 5.76. The molecule has 21 heavy (non-hydrogen) atoms. The Morgan fingerprint density at radius 2 is 2.10 bits per heavy atom. The third-order valence-corrected chi connectivity index (χ3v) is 4.14. The molecular weight excluding hydrogens is 271 g/mol. The molecule has 1 aliphatic heterocycles. The summed E-state index contributed by atoms with van der Waals surface area (Å²) >= 11 is 0. The number of hydrogen-bond acceptors (Lipinski definition) is 4. The number of amidine groups is 1. The van der Waals surface area contributed by atoms with Crippen molar-refractivity contribution < 1.29 is 9.60 Å². The summed E-state index contributed by atoms with van der Waals surface area (Å²) < 4.78 is 13.4. The van der Waals surface area contributed by atoms with Gasteiger partial charge in [0.1, 0.15) is 5.82 Å². The molecule has 0 saturated carbocycles. The molecule has 116 valence electrons. The minimum absolute atomic E-state index is 0.0484. The SMILES string of the molecule is CN(C)C1CCN(Cc2ccc(F)cc2C(N)=NO)CC1. The lowest BCUT2D eigenvalue weighted by Gasteiger charge is -2.35. The number of likely N-dealkylation sites (tertiary alicyclic amines) is 1. The Labute approximate surface area is 124 Å². The lowest BCUT2D eigenvalue weighted by Crippen LogP contribution is -2.41. The van der Waals surface area contributed by atoms with E-state index in [9.17, 15) is 4.39 Å². The first-order valence-electron chi connectivity index (χ1n) is 7.16. The zero-order valence-electron chi connectivity index (χ0n) is 12.6. The van der Waals surface area contributed by atoms with E-state index in [1.807, 2.05) is 0 Å². The van der Waals surface area contributed by atoms with Crippen LogP contribution in [0.3, 0.4) is 0 Å². The van der Waals surface area contributed by atoms with Gasteiger partial charge >= 0.3 is 0 Å². The van der Waals surface area contributed by atoms with E-state index < -0.39 is 0 Å². The Kier molecular flexibility index (Phi) is 5.14. The van der Waals surface area contributed by atoms with Crippen LogP contribution in [-0.4, -0.2) is 54.1 Å². The molecule has 2 rings (SSSR count). The Hall–Kier alpha value is -1.66. The van der Waals surface area contributed by atoms with Crippen molar-refractivity contribution >= 4 is 5.84 Å². The fourth-order valence-corrected chi connectivity index (χ4v) is 2.81. The summed E-state index contributed by atoms with van der Waals surface area (Å²) in [6, 6.07) is 5.06. The van der Waals surface area contributed by atoms with Gasteiger partial charge in [0.25, 0.3) is 0 Å². The fraction of sp³-hybridized carbons (Fsp3) is 0.533. The molecule has 0 aromatic heterocycles. The minimum atomic E-state index is -0.383. The van der Waals surface area contributed by atoms with Crippen LogP contribution in [0.5, 0.6) is 0 Å². The highest BCUT2D eigenvalue weighted by Crippen LogP contribution is 2.19. The Morgan fingerprint density at radius 3 is 2.67 bits per heavy atom. The predicted octanol–water partition coefficient (Wildman–Crippen LogP) is 1.45. The smallest absolute Gasteiger partial charge is 0.170 e. The van der Waals surface area contributed by atoms with Gasteiger partial charge in [0.05, 0.1) is 0 Å². The van der Waals surface area contributed by atoms with Crippen LogP contribution in [0.25, 0.3) is 0 Å². The van der Waals surface area contributed by atoms with E-state index in [1.54, 1.807) is 6.07 Å². The van der Waals surface area contributed by atoms with E-state index in [0.29, 0.717) is 18.2 Å². The largest absolute Gasteiger partial charge is 0.409 e. The van der Waals surface area contributed by atoms with Crippen molar-refractivity contribution in [1.29, 1.82) is 0 Å². The molecule has 1 aromatic rings. The van der Waals surface area contributed by atoms with E-state index in [2.05, 4.69) is 29.1 Å². The molecular formula is C15H23FN4O. The molecule has 1 saturated heterocycles. The van der Waals surface area contributed by atoms with E-state index in [-0.39, 0.29) is 11.7 Å². The number of rotatable bonds is 4. The van der Waals surface area contributed by atoms with Gasteiger partial charge in [-0.15, -0.1) is 0 Å². The zero-order valence-corrected chi connectivity index (χ0v) is 12.6. The molecule has 1 aromatic carbocycles. The average Bonchev–Trinajstić information content (AvgIpc) is 2.48. The first kappa shape index (κ1) is 15.7. The van der Waals surface area contributed by atoms with Gasteiger partial charge in [-0.25, -0.2) is 4.39 Å². The summed E-state index contributed by atoms with van der Waals surface area (Å²) in [7, 11) is 4.22. The topological polar surface area (TPSA) is 65.1 Å². The molecule has 6 heteroatoms. The van der Waals surface area contributed by atoms with E-state index in [1.165, 1.54) is 12.1 Å². The Morgan fingerprint density at radius 1 is 1.43 bits per heavy atom. The van der Waals surface area contributed by atoms with E-state index in [0.717, 1.165) is 31.5 Å². The molecule has 1 fully saturated rings. The lowest BCUT2D eigenvalue weighted by atomic mass is 10.0. The summed E-state index contributed by atoms with van der Waals surface area (Å²) in [5, 5.41) is 11.8. The van der Waals surface area contributed by atoms with Crippen molar-refractivity contribution in [3.05, 3.63) is 35.1 Å². The molecule has 0 unspecified atom stereocenters. The molecule has 5 nitrogen and oxygen atoms in total. The van der Waals surface area contributed by atoms with Gasteiger partial charge in [0.15, 0.2) is 5.84 Å². The maximum Gasteiger partial charge on any atom is 0.170 e. The number of halogens is 1. The van der Waals surface area contributed by atoms with E-state index >= 15 is 0 Å². The standard InChI is InChI=1S/C15H23FN4O/c1-19(2)13-5-7-20(8-6-13)10-11-3-4-12(16)9-14(11)15(17)18-21/h3-4,9,13,21H,5-8,10H2,1-2H3,(H2,17,18). The van der Waals surface area contributed by atoms with Crippen LogP contribution in [0.4, 0.5) is 4.39 Å². The summed E-state index contributed by atoms with van der Waals surface area (Å²) in [6.45, 7) is 2.68. The van der Waals surface area contributed by atoms with Crippen LogP contribution in [0.1, 0.15) is 24.0 Å². The molecule has 0 radical (unpaired) electrons. The van der Waals surface area contributed by atoms with E-state index in [4.69, 9.17) is 10.9 Å².